The van der Waals surface area contributed by atoms with Crippen LogP contribution in [0.5, 0.6) is 0 Å². The number of hydrogen-bond acceptors (Lipinski definition) is 5. The molecule has 3 aromatic carbocycles. The van der Waals surface area contributed by atoms with Gasteiger partial charge in [-0.05, 0) is 19.1 Å². The zero-order valence-electron chi connectivity index (χ0n) is 15.3. The predicted molar refractivity (Wildman–Crippen MR) is 107 cm³/mol. The fourth-order valence-electron chi connectivity index (χ4n) is 2.92. The Hall–Kier alpha value is -3.73. The SMILES string of the molecule is CCOC(=O)c1ccc(C(=O)c2ccccc2)c(C(=O)c2ccccc2)c1N. The van der Waals surface area contributed by atoms with Gasteiger partial charge in [-0.15, -0.1) is 0 Å². The fourth-order valence-corrected chi connectivity index (χ4v) is 2.92. The molecule has 0 aromatic heterocycles. The summed E-state index contributed by atoms with van der Waals surface area (Å²) in [4.78, 5) is 38.4. The highest BCUT2D eigenvalue weighted by molar-refractivity contribution is 6.23. The van der Waals surface area contributed by atoms with Crippen molar-refractivity contribution in [1.82, 2.24) is 0 Å². The van der Waals surface area contributed by atoms with E-state index in [1.807, 2.05) is 0 Å². The summed E-state index contributed by atoms with van der Waals surface area (Å²) in [6.45, 7) is 1.85. The molecule has 0 heterocycles. The zero-order valence-corrected chi connectivity index (χ0v) is 15.3. The molecule has 0 saturated heterocycles. The second kappa shape index (κ2) is 8.31. The minimum atomic E-state index is -0.638. The van der Waals surface area contributed by atoms with Crippen molar-refractivity contribution in [2.24, 2.45) is 0 Å². The maximum absolute atomic E-state index is 13.2. The minimum absolute atomic E-state index is 0.00519. The number of benzene rings is 3. The highest BCUT2D eigenvalue weighted by Crippen LogP contribution is 2.27. The Labute approximate surface area is 162 Å². The lowest BCUT2D eigenvalue weighted by atomic mass is 9.90. The average molecular weight is 373 g/mol. The summed E-state index contributed by atoms with van der Waals surface area (Å²) < 4.78 is 5.02. The van der Waals surface area contributed by atoms with Gasteiger partial charge in [0, 0.05) is 16.7 Å². The van der Waals surface area contributed by atoms with Gasteiger partial charge in [0.1, 0.15) is 0 Å². The number of nitrogens with two attached hydrogens (primary N) is 1. The maximum atomic E-state index is 13.2. The van der Waals surface area contributed by atoms with Gasteiger partial charge >= 0.3 is 5.97 Å². The number of anilines is 1. The van der Waals surface area contributed by atoms with Crippen LogP contribution in [0.3, 0.4) is 0 Å². The van der Waals surface area contributed by atoms with Crippen LogP contribution in [0.2, 0.25) is 0 Å². The van der Waals surface area contributed by atoms with E-state index in [1.165, 1.54) is 12.1 Å². The molecule has 0 atom stereocenters. The second-order valence-electron chi connectivity index (χ2n) is 6.06. The molecule has 28 heavy (non-hydrogen) atoms. The van der Waals surface area contributed by atoms with Crippen molar-refractivity contribution in [3.05, 3.63) is 101 Å². The molecular formula is C23H19NO4. The normalized spacial score (nSPS) is 10.3. The van der Waals surface area contributed by atoms with E-state index in [-0.39, 0.29) is 34.8 Å². The first-order valence-corrected chi connectivity index (χ1v) is 8.83. The first-order chi connectivity index (χ1) is 13.5. The van der Waals surface area contributed by atoms with Crippen molar-refractivity contribution >= 4 is 23.2 Å². The van der Waals surface area contributed by atoms with Crippen molar-refractivity contribution < 1.29 is 19.1 Å². The van der Waals surface area contributed by atoms with Gasteiger partial charge in [-0.3, -0.25) is 9.59 Å². The van der Waals surface area contributed by atoms with Gasteiger partial charge in [0.25, 0.3) is 0 Å². The van der Waals surface area contributed by atoms with Crippen LogP contribution in [0.4, 0.5) is 5.69 Å². The molecule has 0 radical (unpaired) electrons. The molecule has 2 N–H and O–H groups in total. The molecule has 3 rings (SSSR count). The molecule has 140 valence electrons. The summed E-state index contributed by atoms with van der Waals surface area (Å²) in [6, 6.07) is 20.0. The van der Waals surface area contributed by atoms with E-state index in [2.05, 4.69) is 0 Å². The van der Waals surface area contributed by atoms with Gasteiger partial charge in [0.05, 0.1) is 23.4 Å². The minimum Gasteiger partial charge on any atom is -0.462 e. The van der Waals surface area contributed by atoms with Gasteiger partial charge in [-0.1, -0.05) is 60.7 Å². The van der Waals surface area contributed by atoms with Crippen LogP contribution in [-0.2, 0) is 4.74 Å². The molecule has 0 fully saturated rings. The molecule has 0 aliphatic heterocycles. The number of ether oxygens (including phenoxy) is 1. The standard InChI is InChI=1S/C23H19NO4/c1-2-28-23(27)18-14-13-17(21(25)15-9-5-3-6-10-15)19(20(18)24)22(26)16-11-7-4-8-12-16/h3-14H,2,24H2,1H3. The third-order valence-corrected chi connectivity index (χ3v) is 4.28. The van der Waals surface area contributed by atoms with E-state index in [9.17, 15) is 14.4 Å². The van der Waals surface area contributed by atoms with Crippen molar-refractivity contribution in [1.29, 1.82) is 0 Å². The summed E-state index contributed by atoms with van der Waals surface area (Å²) >= 11 is 0. The van der Waals surface area contributed by atoms with Crippen LogP contribution in [0.15, 0.2) is 72.8 Å². The fraction of sp³-hybridized carbons (Fsp3) is 0.0870. The first-order valence-electron chi connectivity index (χ1n) is 8.83. The van der Waals surface area contributed by atoms with Crippen LogP contribution in [0.25, 0.3) is 0 Å². The zero-order chi connectivity index (χ0) is 20.1. The van der Waals surface area contributed by atoms with E-state index in [0.29, 0.717) is 11.1 Å². The van der Waals surface area contributed by atoms with Crippen LogP contribution in [0, 0.1) is 0 Å². The number of carbonyl (C=O) groups excluding carboxylic acids is 3. The number of rotatable bonds is 6. The van der Waals surface area contributed by atoms with Crippen LogP contribution < -0.4 is 5.73 Å². The topological polar surface area (TPSA) is 86.5 Å². The molecule has 0 bridgehead atoms. The molecule has 5 nitrogen and oxygen atoms in total. The van der Waals surface area contributed by atoms with E-state index >= 15 is 0 Å². The van der Waals surface area contributed by atoms with E-state index in [4.69, 9.17) is 10.5 Å². The van der Waals surface area contributed by atoms with E-state index in [1.54, 1.807) is 67.6 Å². The Balaban J connectivity index is 2.19. The molecule has 0 unspecified atom stereocenters. The van der Waals surface area contributed by atoms with Gasteiger partial charge in [-0.25, -0.2) is 4.79 Å². The smallest absolute Gasteiger partial charge is 0.340 e. The van der Waals surface area contributed by atoms with Gasteiger partial charge in [0.15, 0.2) is 11.6 Å². The van der Waals surface area contributed by atoms with Gasteiger partial charge in [0.2, 0.25) is 0 Å². The Kier molecular flexibility index (Phi) is 5.65. The third-order valence-electron chi connectivity index (χ3n) is 4.28. The third kappa shape index (κ3) is 3.69. The number of nitrogen functional groups attached to an aromatic ring is 1. The quantitative estimate of drug-likeness (QED) is 0.402. The summed E-state index contributed by atoms with van der Waals surface area (Å²) in [5.74, 6) is -1.41. The van der Waals surface area contributed by atoms with Crippen LogP contribution >= 0.6 is 0 Å². The lowest BCUT2D eigenvalue weighted by Crippen LogP contribution is -2.18. The monoisotopic (exact) mass is 373 g/mol. The maximum Gasteiger partial charge on any atom is 0.340 e. The summed E-state index contributed by atoms with van der Waals surface area (Å²) in [5, 5.41) is 0. The first kappa shape index (κ1) is 19.0. The number of ketones is 2. The highest BCUT2D eigenvalue weighted by atomic mass is 16.5. The van der Waals surface area contributed by atoms with Crippen LogP contribution in [0.1, 0.15) is 49.1 Å². The summed E-state index contributed by atoms with van der Waals surface area (Å²) in [5.41, 5.74) is 7.14. The Bertz CT molecular complexity index is 1030. The second-order valence-corrected chi connectivity index (χ2v) is 6.06. The predicted octanol–water partition coefficient (Wildman–Crippen LogP) is 3.91. The molecule has 3 aromatic rings. The van der Waals surface area contributed by atoms with E-state index in [0.717, 1.165) is 0 Å². The molecule has 0 saturated carbocycles. The highest BCUT2D eigenvalue weighted by Gasteiger charge is 2.26. The van der Waals surface area contributed by atoms with Gasteiger partial charge in [-0.2, -0.15) is 0 Å². The molecule has 0 amide bonds. The lowest BCUT2D eigenvalue weighted by Gasteiger charge is -2.14. The Morgan fingerprint density at radius 3 is 1.79 bits per heavy atom. The van der Waals surface area contributed by atoms with Crippen molar-refractivity contribution in [2.45, 2.75) is 6.92 Å². The van der Waals surface area contributed by atoms with Crippen molar-refractivity contribution in [3.63, 3.8) is 0 Å². The molecule has 5 heteroatoms. The molecule has 0 aliphatic rings. The van der Waals surface area contributed by atoms with Crippen LogP contribution in [-0.4, -0.2) is 24.1 Å². The Morgan fingerprint density at radius 2 is 1.25 bits per heavy atom. The molecule has 0 aliphatic carbocycles. The van der Waals surface area contributed by atoms with Crippen molar-refractivity contribution in [3.8, 4) is 0 Å². The largest absolute Gasteiger partial charge is 0.462 e. The molecular weight excluding hydrogens is 354 g/mol. The lowest BCUT2D eigenvalue weighted by molar-refractivity contribution is 0.0527. The molecule has 0 spiro atoms. The average Bonchev–Trinajstić information content (AvgIpc) is 2.74. The number of esters is 1. The summed E-state index contributed by atoms with van der Waals surface area (Å²) in [7, 11) is 0. The summed E-state index contributed by atoms with van der Waals surface area (Å²) in [6.07, 6.45) is 0. The Morgan fingerprint density at radius 1 is 0.750 bits per heavy atom. The van der Waals surface area contributed by atoms with Gasteiger partial charge < -0.3 is 10.5 Å². The van der Waals surface area contributed by atoms with Crippen molar-refractivity contribution in [2.75, 3.05) is 12.3 Å². The number of hydrogen-bond donors (Lipinski definition) is 1. The van der Waals surface area contributed by atoms with E-state index < -0.39 is 11.8 Å². The number of carbonyl (C=O) groups is 3.